The summed E-state index contributed by atoms with van der Waals surface area (Å²) in [4.78, 5) is 11.2. The SMILES string of the molecule is CN(c1nc(N2CCNCC2)nc2ccccc12)S(=O)(=O)c1cccc(Cl)c1Cl. The summed E-state index contributed by atoms with van der Waals surface area (Å²) in [7, 11) is -2.53. The van der Waals surface area contributed by atoms with Gasteiger partial charge in [-0.2, -0.15) is 4.98 Å². The summed E-state index contributed by atoms with van der Waals surface area (Å²) >= 11 is 12.2. The van der Waals surface area contributed by atoms with Crippen LogP contribution in [-0.4, -0.2) is 51.6 Å². The zero-order valence-corrected chi connectivity index (χ0v) is 18.0. The number of halogens is 2. The van der Waals surface area contributed by atoms with Gasteiger partial charge in [-0.05, 0) is 24.3 Å². The fraction of sp³-hybridized carbons (Fsp3) is 0.263. The first kappa shape index (κ1) is 20.2. The van der Waals surface area contributed by atoms with Gasteiger partial charge in [-0.15, -0.1) is 0 Å². The van der Waals surface area contributed by atoms with Gasteiger partial charge in [0.05, 0.1) is 15.6 Å². The van der Waals surface area contributed by atoms with E-state index in [2.05, 4.69) is 15.3 Å². The Bertz CT molecular complexity index is 1170. The number of anilines is 2. The molecule has 0 saturated carbocycles. The topological polar surface area (TPSA) is 78.4 Å². The minimum Gasteiger partial charge on any atom is -0.338 e. The second-order valence-corrected chi connectivity index (χ2v) is 9.35. The van der Waals surface area contributed by atoms with Gasteiger partial charge in [-0.3, -0.25) is 4.31 Å². The molecule has 0 unspecified atom stereocenters. The summed E-state index contributed by atoms with van der Waals surface area (Å²) in [6.07, 6.45) is 0. The Morgan fingerprint density at radius 1 is 1.03 bits per heavy atom. The van der Waals surface area contributed by atoms with Crippen LogP contribution in [0.15, 0.2) is 47.4 Å². The highest BCUT2D eigenvalue weighted by Gasteiger charge is 2.28. The summed E-state index contributed by atoms with van der Waals surface area (Å²) in [5.74, 6) is 0.791. The average Bonchev–Trinajstić information content (AvgIpc) is 2.74. The Morgan fingerprint density at radius 2 is 1.76 bits per heavy atom. The molecular weight excluding hydrogens is 433 g/mol. The van der Waals surface area contributed by atoms with Crippen LogP contribution in [0.1, 0.15) is 0 Å². The van der Waals surface area contributed by atoms with Crippen molar-refractivity contribution in [1.82, 2.24) is 15.3 Å². The molecule has 4 rings (SSSR count). The monoisotopic (exact) mass is 451 g/mol. The van der Waals surface area contributed by atoms with Crippen LogP contribution in [0, 0.1) is 0 Å². The van der Waals surface area contributed by atoms with E-state index in [-0.39, 0.29) is 14.9 Å². The van der Waals surface area contributed by atoms with Gasteiger partial charge in [0.1, 0.15) is 4.90 Å². The molecule has 1 fully saturated rings. The Kier molecular flexibility index (Phi) is 5.52. The third kappa shape index (κ3) is 3.73. The fourth-order valence-corrected chi connectivity index (χ4v) is 5.14. The maximum atomic E-state index is 13.3. The van der Waals surface area contributed by atoms with Gasteiger partial charge in [0.15, 0.2) is 5.82 Å². The van der Waals surface area contributed by atoms with Crippen molar-refractivity contribution < 1.29 is 8.42 Å². The van der Waals surface area contributed by atoms with Crippen LogP contribution in [0.5, 0.6) is 0 Å². The van der Waals surface area contributed by atoms with Crippen molar-refractivity contribution in [2.24, 2.45) is 0 Å². The standard InChI is InChI=1S/C19H19Cl2N5O2S/c1-25(29(27,28)16-8-4-6-14(20)17(16)21)18-13-5-2-3-7-15(13)23-19(24-18)26-11-9-22-10-12-26/h2-8,22H,9-12H2,1H3. The molecule has 10 heteroatoms. The molecule has 2 aromatic carbocycles. The minimum atomic E-state index is -3.99. The van der Waals surface area contributed by atoms with Crippen LogP contribution in [0.2, 0.25) is 10.0 Å². The summed E-state index contributed by atoms with van der Waals surface area (Å²) in [5, 5.41) is 4.08. The highest BCUT2D eigenvalue weighted by Crippen LogP contribution is 2.34. The third-order valence-electron chi connectivity index (χ3n) is 4.82. The lowest BCUT2D eigenvalue weighted by molar-refractivity contribution is 0.580. The van der Waals surface area contributed by atoms with Crippen LogP contribution in [0.4, 0.5) is 11.8 Å². The fourth-order valence-electron chi connectivity index (χ4n) is 3.24. The number of benzene rings is 2. The van der Waals surface area contributed by atoms with Gasteiger partial charge in [0.2, 0.25) is 5.95 Å². The van der Waals surface area contributed by atoms with Gasteiger partial charge < -0.3 is 10.2 Å². The van der Waals surface area contributed by atoms with E-state index in [4.69, 9.17) is 23.2 Å². The highest BCUT2D eigenvalue weighted by atomic mass is 35.5. The van der Waals surface area contributed by atoms with Gasteiger partial charge in [0, 0.05) is 38.6 Å². The van der Waals surface area contributed by atoms with Crippen molar-refractivity contribution in [3.05, 3.63) is 52.5 Å². The van der Waals surface area contributed by atoms with Crippen molar-refractivity contribution in [3.63, 3.8) is 0 Å². The molecule has 1 aliphatic heterocycles. The predicted octanol–water partition coefficient (Wildman–Crippen LogP) is 3.17. The normalized spacial score (nSPS) is 14.9. The second-order valence-electron chi connectivity index (χ2n) is 6.63. The number of sulfonamides is 1. The average molecular weight is 452 g/mol. The molecule has 0 radical (unpaired) electrons. The van der Waals surface area contributed by atoms with E-state index >= 15 is 0 Å². The van der Waals surface area contributed by atoms with Gasteiger partial charge in [-0.25, -0.2) is 13.4 Å². The van der Waals surface area contributed by atoms with E-state index in [0.717, 1.165) is 30.5 Å². The van der Waals surface area contributed by atoms with Crippen molar-refractivity contribution in [1.29, 1.82) is 0 Å². The van der Waals surface area contributed by atoms with Crippen molar-refractivity contribution in [3.8, 4) is 0 Å². The van der Waals surface area contributed by atoms with E-state index in [1.54, 1.807) is 18.2 Å². The lowest BCUT2D eigenvalue weighted by Crippen LogP contribution is -2.44. The van der Waals surface area contributed by atoms with E-state index in [1.807, 2.05) is 23.1 Å². The van der Waals surface area contributed by atoms with Crippen LogP contribution in [-0.2, 0) is 10.0 Å². The molecule has 0 amide bonds. The zero-order valence-electron chi connectivity index (χ0n) is 15.6. The number of nitrogens with one attached hydrogen (secondary N) is 1. The van der Waals surface area contributed by atoms with Crippen molar-refractivity contribution >= 4 is 55.9 Å². The summed E-state index contributed by atoms with van der Waals surface area (Å²) in [6, 6.07) is 11.9. The Hall–Kier alpha value is -2.13. The van der Waals surface area contributed by atoms with Gasteiger partial charge in [-0.1, -0.05) is 41.4 Å². The molecule has 0 aliphatic carbocycles. The minimum absolute atomic E-state index is 0.0123. The lowest BCUT2D eigenvalue weighted by atomic mass is 10.2. The molecule has 152 valence electrons. The molecule has 2 heterocycles. The first-order valence-corrected chi connectivity index (χ1v) is 11.2. The Balaban J connectivity index is 1.86. The second kappa shape index (κ2) is 7.95. The molecular formula is C19H19Cl2N5O2S. The largest absolute Gasteiger partial charge is 0.338 e. The third-order valence-corrected chi connectivity index (χ3v) is 7.55. The first-order valence-electron chi connectivity index (χ1n) is 9.05. The lowest BCUT2D eigenvalue weighted by Gasteiger charge is -2.29. The van der Waals surface area contributed by atoms with E-state index in [1.165, 1.54) is 13.1 Å². The number of fused-ring (bicyclic) bond motifs is 1. The molecule has 0 atom stereocenters. The van der Waals surface area contributed by atoms with Crippen LogP contribution < -0.4 is 14.5 Å². The summed E-state index contributed by atoms with van der Waals surface area (Å²) < 4.78 is 27.8. The molecule has 1 saturated heterocycles. The number of nitrogens with zero attached hydrogens (tertiary/aromatic N) is 4. The zero-order chi connectivity index (χ0) is 20.6. The number of hydrogen-bond donors (Lipinski definition) is 1. The predicted molar refractivity (Wildman–Crippen MR) is 117 cm³/mol. The van der Waals surface area contributed by atoms with E-state index < -0.39 is 10.0 Å². The maximum absolute atomic E-state index is 13.3. The highest BCUT2D eigenvalue weighted by molar-refractivity contribution is 7.93. The van der Waals surface area contributed by atoms with E-state index in [0.29, 0.717) is 22.7 Å². The van der Waals surface area contributed by atoms with Gasteiger partial charge in [0.25, 0.3) is 10.0 Å². The van der Waals surface area contributed by atoms with Crippen molar-refractivity contribution in [2.75, 3.05) is 42.4 Å². The number of para-hydroxylation sites is 1. The number of rotatable bonds is 4. The van der Waals surface area contributed by atoms with E-state index in [9.17, 15) is 8.42 Å². The molecule has 1 aliphatic rings. The Labute approximate surface area is 179 Å². The molecule has 0 bridgehead atoms. The van der Waals surface area contributed by atoms with Crippen LogP contribution in [0.25, 0.3) is 10.9 Å². The Morgan fingerprint density at radius 3 is 2.52 bits per heavy atom. The number of hydrogen-bond acceptors (Lipinski definition) is 6. The summed E-state index contributed by atoms with van der Waals surface area (Å²) in [5.41, 5.74) is 0.672. The molecule has 1 aromatic heterocycles. The molecule has 1 N–H and O–H groups in total. The van der Waals surface area contributed by atoms with Crippen LogP contribution >= 0.6 is 23.2 Å². The molecule has 7 nitrogen and oxygen atoms in total. The first-order chi connectivity index (χ1) is 13.9. The number of piperazine rings is 1. The molecule has 3 aromatic rings. The molecule has 29 heavy (non-hydrogen) atoms. The van der Waals surface area contributed by atoms with Crippen LogP contribution in [0.3, 0.4) is 0 Å². The molecule has 0 spiro atoms. The van der Waals surface area contributed by atoms with Gasteiger partial charge >= 0.3 is 0 Å². The summed E-state index contributed by atoms with van der Waals surface area (Å²) in [6.45, 7) is 3.12. The maximum Gasteiger partial charge on any atom is 0.266 e. The quantitative estimate of drug-likeness (QED) is 0.655. The number of aromatic nitrogens is 2. The smallest absolute Gasteiger partial charge is 0.266 e. The van der Waals surface area contributed by atoms with Crippen molar-refractivity contribution in [2.45, 2.75) is 4.90 Å².